The molecule has 0 aliphatic carbocycles. The van der Waals surface area contributed by atoms with Crippen molar-refractivity contribution in [1.82, 2.24) is 5.32 Å². The van der Waals surface area contributed by atoms with Gasteiger partial charge < -0.3 is 5.32 Å². The number of alkyl halides is 1. The Labute approximate surface area is 117 Å². The van der Waals surface area contributed by atoms with Gasteiger partial charge in [-0.15, -0.1) is 0 Å². The predicted molar refractivity (Wildman–Crippen MR) is 74.5 cm³/mol. The van der Waals surface area contributed by atoms with Gasteiger partial charge in [-0.1, -0.05) is 34.5 Å². The van der Waals surface area contributed by atoms with Crippen molar-refractivity contribution in [1.29, 1.82) is 0 Å². The number of carbonyl (C=O) groups excluding carboxylic acids is 1. The summed E-state index contributed by atoms with van der Waals surface area (Å²) in [7, 11) is 0. The molecule has 1 rings (SSSR count). The summed E-state index contributed by atoms with van der Waals surface area (Å²) in [5.41, 5.74) is 0.607. The number of hydrogen-bond acceptors (Lipinski definition) is 1. The third-order valence-electron chi connectivity index (χ3n) is 2.20. The minimum absolute atomic E-state index is 0.0799. The highest BCUT2D eigenvalue weighted by atomic mass is 79.9. The lowest BCUT2D eigenvalue weighted by Crippen LogP contribution is -2.35. The lowest BCUT2D eigenvalue weighted by molar-refractivity contribution is 0.0940. The zero-order valence-corrected chi connectivity index (χ0v) is 12.7. The summed E-state index contributed by atoms with van der Waals surface area (Å²) >= 11 is 12.5. The Morgan fingerprint density at radius 1 is 1.56 bits per heavy atom. The van der Waals surface area contributed by atoms with E-state index in [0.717, 1.165) is 16.2 Å². The molecule has 0 radical (unpaired) electrons. The van der Waals surface area contributed by atoms with Crippen molar-refractivity contribution in [2.75, 3.05) is 5.33 Å². The van der Waals surface area contributed by atoms with Gasteiger partial charge in [-0.3, -0.25) is 4.79 Å². The molecular formula is C11H12Br2ClNO. The minimum atomic E-state index is -0.0799. The molecule has 0 bridgehead atoms. The predicted octanol–water partition coefficient (Wildman–Crippen LogP) is 4.01. The van der Waals surface area contributed by atoms with Crippen molar-refractivity contribution in [3.63, 3.8) is 0 Å². The Morgan fingerprint density at radius 2 is 2.25 bits per heavy atom. The molecule has 1 unspecified atom stereocenters. The van der Waals surface area contributed by atoms with Crippen LogP contribution in [0.5, 0.6) is 0 Å². The van der Waals surface area contributed by atoms with E-state index >= 15 is 0 Å². The third kappa shape index (κ3) is 3.75. The average molecular weight is 369 g/mol. The first kappa shape index (κ1) is 14.0. The topological polar surface area (TPSA) is 29.1 Å². The first-order valence-corrected chi connectivity index (χ1v) is 7.19. The van der Waals surface area contributed by atoms with Crippen LogP contribution in [-0.2, 0) is 0 Å². The second-order valence-electron chi connectivity index (χ2n) is 3.36. The quantitative estimate of drug-likeness (QED) is 0.799. The average Bonchev–Trinajstić information content (AvgIpc) is 2.29. The van der Waals surface area contributed by atoms with Crippen LogP contribution in [0.4, 0.5) is 0 Å². The number of nitrogens with one attached hydrogen (secondary N) is 1. The van der Waals surface area contributed by atoms with Crippen molar-refractivity contribution >= 4 is 49.4 Å². The molecule has 0 aliphatic rings. The number of halogens is 3. The van der Waals surface area contributed by atoms with Crippen LogP contribution < -0.4 is 5.32 Å². The summed E-state index contributed by atoms with van der Waals surface area (Å²) in [4.78, 5) is 11.8. The summed E-state index contributed by atoms with van der Waals surface area (Å²) in [5.74, 6) is -0.0799. The zero-order valence-electron chi connectivity index (χ0n) is 8.77. The molecule has 0 saturated carbocycles. The molecule has 0 fully saturated rings. The first-order chi connectivity index (χ1) is 7.58. The van der Waals surface area contributed by atoms with Crippen LogP contribution in [-0.4, -0.2) is 17.3 Å². The molecule has 0 spiro atoms. The van der Waals surface area contributed by atoms with Crippen LogP contribution >= 0.6 is 43.5 Å². The molecule has 1 N–H and O–H groups in total. The van der Waals surface area contributed by atoms with Crippen molar-refractivity contribution in [2.24, 2.45) is 0 Å². The molecule has 1 atom stereocenters. The van der Waals surface area contributed by atoms with E-state index in [0.29, 0.717) is 10.6 Å². The minimum Gasteiger partial charge on any atom is -0.348 e. The van der Waals surface area contributed by atoms with Crippen LogP contribution in [0, 0.1) is 0 Å². The molecular weight excluding hydrogens is 357 g/mol. The van der Waals surface area contributed by atoms with E-state index in [1.54, 1.807) is 18.2 Å². The van der Waals surface area contributed by atoms with Gasteiger partial charge in [-0.25, -0.2) is 0 Å². The van der Waals surface area contributed by atoms with E-state index < -0.39 is 0 Å². The van der Waals surface area contributed by atoms with Crippen molar-refractivity contribution in [2.45, 2.75) is 19.4 Å². The van der Waals surface area contributed by atoms with Gasteiger partial charge in [0.05, 0.1) is 5.02 Å². The fourth-order valence-electron chi connectivity index (χ4n) is 1.16. The molecule has 0 aliphatic heterocycles. The molecule has 1 amide bonds. The Hall–Kier alpha value is -0.0600. The lowest BCUT2D eigenvalue weighted by Gasteiger charge is -2.14. The maximum absolute atomic E-state index is 11.8. The van der Waals surface area contributed by atoms with E-state index in [1.807, 2.05) is 6.92 Å². The largest absolute Gasteiger partial charge is 0.348 e. The number of amides is 1. The van der Waals surface area contributed by atoms with Crippen LogP contribution in [0.1, 0.15) is 23.7 Å². The molecule has 16 heavy (non-hydrogen) atoms. The number of carbonyl (C=O) groups is 1. The Bertz CT molecular complexity index is 380. The number of benzene rings is 1. The molecule has 0 saturated heterocycles. The van der Waals surface area contributed by atoms with Gasteiger partial charge in [0.2, 0.25) is 0 Å². The molecule has 2 nitrogen and oxygen atoms in total. The molecule has 0 aromatic heterocycles. The fourth-order valence-corrected chi connectivity index (χ4v) is 2.27. The Balaban J connectivity index is 2.76. The van der Waals surface area contributed by atoms with Gasteiger partial charge in [0.1, 0.15) is 0 Å². The maximum Gasteiger partial charge on any atom is 0.251 e. The maximum atomic E-state index is 11.8. The van der Waals surface area contributed by atoms with Gasteiger partial charge in [-0.2, -0.15) is 0 Å². The third-order valence-corrected chi connectivity index (χ3v) is 4.19. The van der Waals surface area contributed by atoms with Gasteiger partial charge >= 0.3 is 0 Å². The molecule has 5 heteroatoms. The highest BCUT2D eigenvalue weighted by Crippen LogP contribution is 2.23. The van der Waals surface area contributed by atoms with Crippen LogP contribution in [0.3, 0.4) is 0 Å². The van der Waals surface area contributed by atoms with E-state index in [9.17, 15) is 4.79 Å². The van der Waals surface area contributed by atoms with E-state index in [4.69, 9.17) is 11.6 Å². The normalized spacial score (nSPS) is 12.2. The lowest BCUT2D eigenvalue weighted by atomic mass is 10.2. The van der Waals surface area contributed by atoms with Crippen molar-refractivity contribution < 1.29 is 4.79 Å². The summed E-state index contributed by atoms with van der Waals surface area (Å²) in [6, 6.07) is 5.29. The van der Waals surface area contributed by atoms with E-state index in [1.165, 1.54) is 0 Å². The Kier molecular flexibility index (Phi) is 5.79. The SMILES string of the molecule is CCC(CBr)NC(=O)c1ccc(Cl)c(Br)c1. The second-order valence-corrected chi connectivity index (χ2v) is 5.27. The Morgan fingerprint density at radius 3 is 2.75 bits per heavy atom. The van der Waals surface area contributed by atoms with Crippen molar-refractivity contribution in [3.05, 3.63) is 33.3 Å². The second kappa shape index (κ2) is 6.62. The van der Waals surface area contributed by atoms with Gasteiger partial charge in [0, 0.05) is 21.4 Å². The first-order valence-electron chi connectivity index (χ1n) is 4.90. The van der Waals surface area contributed by atoms with Crippen LogP contribution in [0.2, 0.25) is 5.02 Å². The van der Waals surface area contributed by atoms with Crippen LogP contribution in [0.15, 0.2) is 22.7 Å². The van der Waals surface area contributed by atoms with Crippen LogP contribution in [0.25, 0.3) is 0 Å². The molecule has 1 aromatic rings. The summed E-state index contributed by atoms with van der Waals surface area (Å²) in [6.07, 6.45) is 0.895. The fraction of sp³-hybridized carbons (Fsp3) is 0.364. The number of rotatable bonds is 4. The highest BCUT2D eigenvalue weighted by Gasteiger charge is 2.11. The number of hydrogen-bond donors (Lipinski definition) is 1. The standard InChI is InChI=1S/C11H12Br2ClNO/c1-2-8(6-12)15-11(16)7-3-4-10(14)9(13)5-7/h3-5,8H,2,6H2,1H3,(H,15,16). The summed E-state index contributed by atoms with van der Waals surface area (Å²) in [6.45, 7) is 2.03. The molecule has 88 valence electrons. The monoisotopic (exact) mass is 367 g/mol. The smallest absolute Gasteiger partial charge is 0.251 e. The van der Waals surface area contributed by atoms with Crippen molar-refractivity contribution in [3.8, 4) is 0 Å². The van der Waals surface area contributed by atoms with E-state index in [-0.39, 0.29) is 11.9 Å². The van der Waals surface area contributed by atoms with E-state index in [2.05, 4.69) is 37.2 Å². The van der Waals surface area contributed by atoms with Gasteiger partial charge in [0.25, 0.3) is 5.91 Å². The molecule has 1 aromatic carbocycles. The summed E-state index contributed by atoms with van der Waals surface area (Å²) < 4.78 is 0.730. The van der Waals surface area contributed by atoms with Gasteiger partial charge in [-0.05, 0) is 40.5 Å². The van der Waals surface area contributed by atoms with Gasteiger partial charge in [0.15, 0.2) is 0 Å². The summed E-state index contributed by atoms with van der Waals surface area (Å²) in [5, 5.41) is 4.28. The highest BCUT2D eigenvalue weighted by molar-refractivity contribution is 9.10. The zero-order chi connectivity index (χ0) is 12.1. The molecule has 0 heterocycles.